The number of benzene rings is 6. The van der Waals surface area contributed by atoms with Crippen molar-refractivity contribution in [2.45, 2.75) is 58.2 Å². The van der Waals surface area contributed by atoms with E-state index in [0.717, 1.165) is 89.2 Å². The Bertz CT molecular complexity index is 3080. The van der Waals surface area contributed by atoms with Crippen molar-refractivity contribution in [3.63, 3.8) is 0 Å². The van der Waals surface area contributed by atoms with E-state index in [2.05, 4.69) is 103 Å². The van der Waals surface area contributed by atoms with Gasteiger partial charge in [0.25, 0.3) is 0 Å². The van der Waals surface area contributed by atoms with Gasteiger partial charge in [0.15, 0.2) is 5.58 Å². The number of hydrogen-bond donors (Lipinski definition) is 0. The van der Waals surface area contributed by atoms with E-state index in [9.17, 15) is 0 Å². The van der Waals surface area contributed by atoms with Crippen LogP contribution in [0.3, 0.4) is 0 Å². The number of hydrogen-bond acceptors (Lipinski definition) is 4. The third kappa shape index (κ3) is 7.37. The Labute approximate surface area is 359 Å². The summed E-state index contributed by atoms with van der Waals surface area (Å²) in [4.78, 5) is 9.84. The second-order valence-corrected chi connectivity index (χ2v) is 21.7. The van der Waals surface area contributed by atoms with Crippen molar-refractivity contribution >= 4 is 68.2 Å². The maximum atomic E-state index is 6.40. The second kappa shape index (κ2) is 16.2. The molecule has 0 spiro atoms. The molecule has 1 fully saturated rings. The number of pyridine rings is 1. The molecule has 0 unspecified atom stereocenters. The second-order valence-electron chi connectivity index (χ2n) is 16.7. The van der Waals surface area contributed by atoms with Crippen LogP contribution in [0.4, 0.5) is 0 Å². The number of fused-ring (bicyclic) bond motifs is 7. The Balaban J connectivity index is 0.000000164. The molecule has 0 atom stereocenters. The molecule has 4 aromatic heterocycles. The standard InChI is InChI=1S/C31H17N2O2.C21H28NSi.Ir/c1-5-17-27-19(9-1)21-11-7-13-23(29(21)34-27)31-32-24-14-3-4-15-25(24)33(31)26-16-8-12-22-20-10-2-6-18-28(20)35-30(22)26;1-23(2,3)21-16-22-20(18-12-8-5-9-13-18)15-19(21)14-17-10-6-4-7-11-17;/h1-12,14-18H;5,8-9,12,15-17H,4,6-7,10-11,14H2,1-3H3;/q2*-1;. The summed E-state index contributed by atoms with van der Waals surface area (Å²) in [5.74, 6) is 1.64. The molecule has 59 heavy (non-hydrogen) atoms. The predicted molar refractivity (Wildman–Crippen MR) is 242 cm³/mol. The van der Waals surface area contributed by atoms with Crippen LogP contribution < -0.4 is 5.19 Å². The van der Waals surface area contributed by atoms with Crippen LogP contribution in [0.25, 0.3) is 83.2 Å². The average Bonchev–Trinajstić information content (AvgIpc) is 3.96. The van der Waals surface area contributed by atoms with Gasteiger partial charge in [-0.25, -0.2) is 0 Å². The maximum absolute atomic E-state index is 6.40. The first-order valence-electron chi connectivity index (χ1n) is 20.6. The molecule has 1 aliphatic carbocycles. The molecule has 5 nitrogen and oxygen atoms in total. The number of aromatic nitrogens is 3. The number of rotatable bonds is 6. The van der Waals surface area contributed by atoms with E-state index in [-0.39, 0.29) is 20.1 Å². The summed E-state index contributed by atoms with van der Waals surface area (Å²) < 4.78 is 14.9. The molecule has 0 amide bonds. The molecule has 0 aliphatic heterocycles. The molecule has 11 rings (SSSR count). The van der Waals surface area contributed by atoms with Gasteiger partial charge >= 0.3 is 0 Å². The number of imidazole rings is 1. The molecule has 0 saturated heterocycles. The molecule has 4 heterocycles. The quantitative estimate of drug-likeness (QED) is 0.123. The van der Waals surface area contributed by atoms with Gasteiger partial charge in [0.2, 0.25) is 0 Å². The molecular formula is C52H45IrN3O2Si-2. The summed E-state index contributed by atoms with van der Waals surface area (Å²) in [6.07, 6.45) is 10.5. The van der Waals surface area contributed by atoms with E-state index in [1.54, 1.807) is 10.8 Å². The van der Waals surface area contributed by atoms with Gasteiger partial charge in [0.1, 0.15) is 11.2 Å². The van der Waals surface area contributed by atoms with Crippen LogP contribution in [0.2, 0.25) is 19.6 Å². The smallest absolute Gasteiger partial charge is 0.158 e. The van der Waals surface area contributed by atoms with E-state index in [1.165, 1.54) is 38.5 Å². The first kappa shape index (κ1) is 38.9. The molecule has 1 aliphatic rings. The molecule has 295 valence electrons. The number of furan rings is 2. The van der Waals surface area contributed by atoms with E-state index in [4.69, 9.17) is 18.8 Å². The zero-order valence-electron chi connectivity index (χ0n) is 33.6. The van der Waals surface area contributed by atoms with Gasteiger partial charge in [-0.2, -0.15) is 0 Å². The zero-order chi connectivity index (χ0) is 39.2. The fraction of sp³-hybridized carbons (Fsp3) is 0.192. The predicted octanol–water partition coefficient (Wildman–Crippen LogP) is 13.5. The van der Waals surface area contributed by atoms with Crippen LogP contribution >= 0.6 is 0 Å². The van der Waals surface area contributed by atoms with Crippen molar-refractivity contribution in [2.75, 3.05) is 0 Å². The Morgan fingerprint density at radius 2 is 1.36 bits per heavy atom. The van der Waals surface area contributed by atoms with Gasteiger partial charge in [-0.3, -0.25) is 4.98 Å². The third-order valence-electron chi connectivity index (χ3n) is 11.8. The van der Waals surface area contributed by atoms with Gasteiger partial charge in [-0.15, -0.1) is 54.1 Å². The Morgan fingerprint density at radius 3 is 2.10 bits per heavy atom. The Kier molecular flexibility index (Phi) is 10.7. The summed E-state index contributed by atoms with van der Waals surface area (Å²) in [6.45, 7) is 7.30. The van der Waals surface area contributed by atoms with E-state index >= 15 is 0 Å². The van der Waals surface area contributed by atoms with Gasteiger partial charge < -0.3 is 18.4 Å². The van der Waals surface area contributed by atoms with E-state index in [1.807, 2.05) is 72.8 Å². The summed E-state index contributed by atoms with van der Waals surface area (Å²) in [7, 11) is -1.36. The van der Waals surface area contributed by atoms with Crippen LogP contribution in [-0.2, 0) is 26.5 Å². The fourth-order valence-corrected chi connectivity index (χ4v) is 10.5. The van der Waals surface area contributed by atoms with Gasteiger partial charge in [-0.05, 0) is 53.6 Å². The third-order valence-corrected chi connectivity index (χ3v) is 13.8. The topological polar surface area (TPSA) is 57.0 Å². The van der Waals surface area contributed by atoms with Crippen LogP contribution in [0.1, 0.15) is 37.7 Å². The normalized spacial score (nSPS) is 13.5. The maximum Gasteiger partial charge on any atom is 0.158 e. The monoisotopic (exact) mass is 964 g/mol. The zero-order valence-corrected chi connectivity index (χ0v) is 37.0. The summed E-state index contributed by atoms with van der Waals surface area (Å²) in [5, 5.41) is 5.85. The minimum atomic E-state index is -1.36. The molecule has 0 bridgehead atoms. The molecular weight excluding hydrogens is 919 g/mol. The van der Waals surface area contributed by atoms with Gasteiger partial charge in [0.05, 0.1) is 36.2 Å². The molecule has 1 saturated carbocycles. The summed E-state index contributed by atoms with van der Waals surface area (Å²) >= 11 is 0. The summed E-state index contributed by atoms with van der Waals surface area (Å²) in [5.41, 5.74) is 10.7. The first-order valence-corrected chi connectivity index (χ1v) is 24.1. The number of nitrogens with zero attached hydrogens (tertiary/aromatic N) is 3. The van der Waals surface area contributed by atoms with Crippen LogP contribution in [0, 0.1) is 18.1 Å². The molecule has 7 heteroatoms. The molecule has 6 aromatic carbocycles. The van der Waals surface area contributed by atoms with Crippen LogP contribution in [-0.4, -0.2) is 22.6 Å². The minimum Gasteiger partial charge on any atom is -0.501 e. The van der Waals surface area contributed by atoms with Crippen molar-refractivity contribution in [3.8, 4) is 28.3 Å². The largest absolute Gasteiger partial charge is 0.501 e. The SMILES string of the molecule is C[Si](C)(C)c1cnc(-c2[c-]cccc2)cc1CC1CCCCC1.[Ir].[c-]1ccc2c(oc3ccccc32)c1-c1nc2ccccc2n1-c1cccc2c1oc1ccccc12. The van der Waals surface area contributed by atoms with E-state index in [0.29, 0.717) is 0 Å². The first-order chi connectivity index (χ1) is 28.4. The fourth-order valence-electron chi connectivity index (χ4n) is 8.95. The molecule has 0 N–H and O–H groups in total. The summed E-state index contributed by atoms with van der Waals surface area (Å²) in [6, 6.07) is 52.0. The average molecular weight is 964 g/mol. The van der Waals surface area contributed by atoms with Crippen molar-refractivity contribution in [1.29, 1.82) is 0 Å². The Morgan fingerprint density at radius 1 is 0.678 bits per heavy atom. The van der Waals surface area contributed by atoms with Crippen molar-refractivity contribution in [3.05, 3.63) is 157 Å². The van der Waals surface area contributed by atoms with Crippen molar-refractivity contribution in [1.82, 2.24) is 14.5 Å². The van der Waals surface area contributed by atoms with Crippen molar-refractivity contribution in [2.24, 2.45) is 5.92 Å². The van der Waals surface area contributed by atoms with Gasteiger partial charge in [0, 0.05) is 42.5 Å². The molecule has 1 radical (unpaired) electrons. The number of para-hydroxylation sites is 5. The van der Waals surface area contributed by atoms with Crippen LogP contribution in [0.15, 0.2) is 148 Å². The van der Waals surface area contributed by atoms with Crippen molar-refractivity contribution < 1.29 is 28.9 Å². The van der Waals surface area contributed by atoms with E-state index < -0.39 is 8.07 Å². The Hall–Kier alpha value is -5.59. The van der Waals surface area contributed by atoms with Crippen LogP contribution in [0.5, 0.6) is 0 Å². The minimum absolute atomic E-state index is 0. The molecule has 10 aromatic rings. The van der Waals surface area contributed by atoms with Gasteiger partial charge in [-0.1, -0.05) is 135 Å².